The maximum Gasteiger partial charge on any atom is 0.145 e. The Labute approximate surface area is 106 Å². The average molecular weight is 299 g/mol. The van der Waals surface area contributed by atoms with E-state index in [1.807, 2.05) is 0 Å². The zero-order valence-electron chi connectivity index (χ0n) is 8.48. The fourth-order valence-electron chi connectivity index (χ4n) is 1.27. The van der Waals surface area contributed by atoms with E-state index in [0.29, 0.717) is 5.82 Å². The number of nitrogens with two attached hydrogens (primary N) is 1. The molecule has 4 nitrogen and oxygen atoms in total. The van der Waals surface area contributed by atoms with E-state index in [2.05, 4.69) is 48.0 Å². The monoisotopic (exact) mass is 298 g/mol. The summed E-state index contributed by atoms with van der Waals surface area (Å²) in [6.07, 6.45) is 2.42. The summed E-state index contributed by atoms with van der Waals surface area (Å²) >= 11 is 5.06. The Morgan fingerprint density at radius 3 is 3.06 bits per heavy atom. The molecule has 2 rings (SSSR count). The smallest absolute Gasteiger partial charge is 0.145 e. The molecule has 84 valence electrons. The summed E-state index contributed by atoms with van der Waals surface area (Å²) in [4.78, 5) is 7.99. The number of hydrogen-bond donors (Lipinski definition) is 2. The molecule has 0 aliphatic carbocycles. The Balaban J connectivity index is 1.92. The number of rotatable bonds is 4. The van der Waals surface area contributed by atoms with Gasteiger partial charge in [0.15, 0.2) is 0 Å². The Morgan fingerprint density at radius 2 is 2.31 bits per heavy atom. The molecule has 0 amide bonds. The van der Waals surface area contributed by atoms with Crippen molar-refractivity contribution < 1.29 is 0 Å². The van der Waals surface area contributed by atoms with Crippen molar-refractivity contribution in [2.45, 2.75) is 6.42 Å². The summed E-state index contributed by atoms with van der Waals surface area (Å²) in [5.74, 6) is 1.19. The van der Waals surface area contributed by atoms with Gasteiger partial charge in [-0.15, -0.1) is 0 Å². The van der Waals surface area contributed by atoms with Gasteiger partial charge in [0.25, 0.3) is 0 Å². The quantitative estimate of drug-likeness (QED) is 0.910. The molecule has 6 heteroatoms. The number of aromatic nitrogens is 2. The topological polar surface area (TPSA) is 63.8 Å². The second-order valence-corrected chi connectivity index (χ2v) is 4.80. The SMILES string of the molecule is Nc1ncnc(NCCc2ccsc2)c1Br. The third-order valence-corrected chi connectivity index (χ3v) is 3.62. The van der Waals surface area contributed by atoms with Crippen molar-refractivity contribution in [1.29, 1.82) is 0 Å². The van der Waals surface area contributed by atoms with E-state index in [1.54, 1.807) is 11.3 Å². The summed E-state index contributed by atoms with van der Waals surface area (Å²) in [6, 6.07) is 2.12. The van der Waals surface area contributed by atoms with Crippen LogP contribution in [-0.2, 0) is 6.42 Å². The van der Waals surface area contributed by atoms with Gasteiger partial charge in [-0.05, 0) is 44.7 Å². The van der Waals surface area contributed by atoms with Crippen molar-refractivity contribution in [3.8, 4) is 0 Å². The highest BCUT2D eigenvalue weighted by Gasteiger charge is 2.04. The molecule has 0 spiro atoms. The Bertz CT molecular complexity index is 458. The van der Waals surface area contributed by atoms with Gasteiger partial charge in [-0.1, -0.05) is 0 Å². The minimum atomic E-state index is 0.452. The van der Waals surface area contributed by atoms with E-state index in [9.17, 15) is 0 Å². The van der Waals surface area contributed by atoms with Crippen LogP contribution in [0.2, 0.25) is 0 Å². The molecule has 16 heavy (non-hydrogen) atoms. The van der Waals surface area contributed by atoms with Crippen molar-refractivity contribution in [3.63, 3.8) is 0 Å². The van der Waals surface area contributed by atoms with E-state index in [-0.39, 0.29) is 0 Å². The molecule has 0 aliphatic heterocycles. The summed E-state index contributed by atoms with van der Waals surface area (Å²) < 4.78 is 0.723. The highest BCUT2D eigenvalue weighted by molar-refractivity contribution is 9.10. The lowest BCUT2D eigenvalue weighted by Crippen LogP contribution is -2.07. The number of nitrogen functional groups attached to an aromatic ring is 1. The van der Waals surface area contributed by atoms with Crippen LogP contribution < -0.4 is 11.1 Å². The minimum absolute atomic E-state index is 0.452. The Morgan fingerprint density at radius 1 is 1.44 bits per heavy atom. The maximum atomic E-state index is 5.65. The zero-order chi connectivity index (χ0) is 11.4. The summed E-state index contributed by atoms with van der Waals surface area (Å²) in [7, 11) is 0. The fourth-order valence-corrected chi connectivity index (χ4v) is 2.31. The first kappa shape index (κ1) is 11.3. The van der Waals surface area contributed by atoms with E-state index >= 15 is 0 Å². The van der Waals surface area contributed by atoms with Crippen molar-refractivity contribution >= 4 is 38.9 Å². The summed E-state index contributed by atoms with van der Waals surface area (Å²) in [5, 5.41) is 7.44. The van der Waals surface area contributed by atoms with Gasteiger partial charge in [0.1, 0.15) is 22.4 Å². The van der Waals surface area contributed by atoms with Crippen LogP contribution in [0.3, 0.4) is 0 Å². The molecule has 0 unspecified atom stereocenters. The molecule has 2 aromatic rings. The molecule has 0 saturated heterocycles. The van der Waals surface area contributed by atoms with Crippen LogP contribution >= 0.6 is 27.3 Å². The molecule has 2 heterocycles. The first-order chi connectivity index (χ1) is 7.77. The van der Waals surface area contributed by atoms with Crippen molar-refractivity contribution in [3.05, 3.63) is 33.2 Å². The largest absolute Gasteiger partial charge is 0.383 e. The number of anilines is 2. The molecule has 3 N–H and O–H groups in total. The van der Waals surface area contributed by atoms with Gasteiger partial charge in [0.2, 0.25) is 0 Å². The van der Waals surface area contributed by atoms with Crippen LogP contribution in [0, 0.1) is 0 Å². The predicted octanol–water partition coefficient (Wildman–Crippen LogP) is 2.54. The van der Waals surface area contributed by atoms with Crippen LogP contribution in [0.5, 0.6) is 0 Å². The van der Waals surface area contributed by atoms with Crippen molar-refractivity contribution in [2.75, 3.05) is 17.6 Å². The number of nitrogens with zero attached hydrogens (tertiary/aromatic N) is 2. The predicted molar refractivity (Wildman–Crippen MR) is 70.7 cm³/mol. The second-order valence-electron chi connectivity index (χ2n) is 3.23. The van der Waals surface area contributed by atoms with E-state index in [4.69, 9.17) is 5.73 Å². The molecule has 2 aromatic heterocycles. The normalized spacial score (nSPS) is 10.3. The lowest BCUT2D eigenvalue weighted by molar-refractivity contribution is 1.00. The van der Waals surface area contributed by atoms with E-state index in [1.165, 1.54) is 11.9 Å². The molecule has 0 bridgehead atoms. The standard InChI is InChI=1S/C10H11BrN4S/c11-8-9(12)14-6-15-10(8)13-3-1-7-2-4-16-5-7/h2,4-6H,1,3H2,(H3,12,13,14,15). The van der Waals surface area contributed by atoms with Gasteiger partial charge >= 0.3 is 0 Å². The third kappa shape index (κ3) is 2.70. The number of nitrogens with one attached hydrogen (secondary N) is 1. The van der Waals surface area contributed by atoms with Gasteiger partial charge in [0.05, 0.1) is 0 Å². The molecule has 0 fully saturated rings. The van der Waals surface area contributed by atoms with Gasteiger partial charge in [-0.25, -0.2) is 9.97 Å². The Kier molecular flexibility index (Phi) is 3.74. The first-order valence-electron chi connectivity index (χ1n) is 4.78. The summed E-state index contributed by atoms with van der Waals surface area (Å²) in [5.41, 5.74) is 6.98. The lowest BCUT2D eigenvalue weighted by Gasteiger charge is -2.07. The van der Waals surface area contributed by atoms with Crippen LogP contribution in [0.1, 0.15) is 5.56 Å². The third-order valence-electron chi connectivity index (χ3n) is 2.10. The van der Waals surface area contributed by atoms with E-state index in [0.717, 1.165) is 23.3 Å². The molecule has 0 atom stereocenters. The number of thiophene rings is 1. The van der Waals surface area contributed by atoms with Gasteiger partial charge < -0.3 is 11.1 Å². The molecule has 0 aromatic carbocycles. The van der Waals surface area contributed by atoms with Gasteiger partial charge in [0, 0.05) is 6.54 Å². The Hall–Kier alpha value is -1.14. The first-order valence-corrected chi connectivity index (χ1v) is 6.52. The van der Waals surface area contributed by atoms with Gasteiger partial charge in [-0.2, -0.15) is 11.3 Å². The second kappa shape index (κ2) is 5.27. The maximum absolute atomic E-state index is 5.65. The number of halogens is 1. The molecular formula is C10H11BrN4S. The van der Waals surface area contributed by atoms with Crippen LogP contribution in [0.25, 0.3) is 0 Å². The fraction of sp³-hybridized carbons (Fsp3) is 0.200. The highest BCUT2D eigenvalue weighted by atomic mass is 79.9. The average Bonchev–Trinajstić information content (AvgIpc) is 2.77. The highest BCUT2D eigenvalue weighted by Crippen LogP contribution is 2.23. The van der Waals surface area contributed by atoms with Crippen molar-refractivity contribution in [2.24, 2.45) is 0 Å². The molecule has 0 radical (unpaired) electrons. The van der Waals surface area contributed by atoms with Crippen LogP contribution in [-0.4, -0.2) is 16.5 Å². The molecule has 0 aliphatic rings. The van der Waals surface area contributed by atoms with Crippen LogP contribution in [0.4, 0.5) is 11.6 Å². The van der Waals surface area contributed by atoms with Crippen molar-refractivity contribution in [1.82, 2.24) is 9.97 Å². The van der Waals surface area contributed by atoms with Crippen LogP contribution in [0.15, 0.2) is 27.6 Å². The number of hydrogen-bond acceptors (Lipinski definition) is 5. The zero-order valence-corrected chi connectivity index (χ0v) is 10.9. The minimum Gasteiger partial charge on any atom is -0.383 e. The van der Waals surface area contributed by atoms with Gasteiger partial charge in [-0.3, -0.25) is 0 Å². The summed E-state index contributed by atoms with van der Waals surface area (Å²) in [6.45, 7) is 0.825. The molecule has 0 saturated carbocycles. The molecular weight excluding hydrogens is 288 g/mol. The lowest BCUT2D eigenvalue weighted by atomic mass is 10.2. The van der Waals surface area contributed by atoms with E-state index < -0.39 is 0 Å².